The Morgan fingerprint density at radius 1 is 1.12 bits per heavy atom. The van der Waals surface area contributed by atoms with Crippen LogP contribution in [0.2, 0.25) is 0 Å². The summed E-state index contributed by atoms with van der Waals surface area (Å²) in [5.74, 6) is 0.717. The predicted molar refractivity (Wildman–Crippen MR) is 85.0 cm³/mol. The number of rotatable bonds is 4. The molecule has 2 aromatic carbocycles. The molecule has 0 unspecified atom stereocenters. The molecule has 0 aliphatic rings. The standard InChI is InChI=1S/C16H13N5O3/c22-8-7-21-13-6-5-10(9-12(13)18-20-21)15-17-16(24-19-15)11-3-1-2-4-14(11)23/h1-6,9,22-23H,7-8H2. The van der Waals surface area contributed by atoms with Crippen molar-refractivity contribution in [2.45, 2.75) is 6.54 Å². The third-order valence-corrected chi connectivity index (χ3v) is 3.64. The zero-order valence-electron chi connectivity index (χ0n) is 12.5. The quantitative estimate of drug-likeness (QED) is 0.589. The van der Waals surface area contributed by atoms with Crippen molar-refractivity contribution in [2.24, 2.45) is 0 Å². The van der Waals surface area contributed by atoms with E-state index in [1.54, 1.807) is 35.0 Å². The first-order valence-electron chi connectivity index (χ1n) is 7.33. The summed E-state index contributed by atoms with van der Waals surface area (Å²) in [5.41, 5.74) is 2.70. The first-order chi connectivity index (χ1) is 11.8. The molecular formula is C16H13N5O3. The molecule has 0 bridgehead atoms. The van der Waals surface area contributed by atoms with E-state index < -0.39 is 0 Å². The number of benzene rings is 2. The van der Waals surface area contributed by atoms with Crippen molar-refractivity contribution in [3.63, 3.8) is 0 Å². The maximum Gasteiger partial charge on any atom is 0.261 e. The summed E-state index contributed by atoms with van der Waals surface area (Å²) in [5, 5.41) is 30.9. The van der Waals surface area contributed by atoms with Gasteiger partial charge in [0.15, 0.2) is 0 Å². The second-order valence-electron chi connectivity index (χ2n) is 5.18. The first-order valence-corrected chi connectivity index (χ1v) is 7.33. The van der Waals surface area contributed by atoms with Crippen molar-refractivity contribution in [3.8, 4) is 28.6 Å². The molecule has 2 aromatic heterocycles. The van der Waals surface area contributed by atoms with Gasteiger partial charge in [0.1, 0.15) is 11.3 Å². The fourth-order valence-corrected chi connectivity index (χ4v) is 2.48. The summed E-state index contributed by atoms with van der Waals surface area (Å²) in [4.78, 5) is 4.33. The summed E-state index contributed by atoms with van der Waals surface area (Å²) >= 11 is 0. The van der Waals surface area contributed by atoms with Gasteiger partial charge in [-0.25, -0.2) is 4.68 Å². The van der Waals surface area contributed by atoms with Crippen LogP contribution < -0.4 is 0 Å². The number of phenols is 1. The lowest BCUT2D eigenvalue weighted by Crippen LogP contribution is -2.03. The third-order valence-electron chi connectivity index (χ3n) is 3.64. The van der Waals surface area contributed by atoms with Gasteiger partial charge in [-0.3, -0.25) is 0 Å². The lowest BCUT2D eigenvalue weighted by atomic mass is 10.2. The van der Waals surface area contributed by atoms with Crippen molar-refractivity contribution in [1.29, 1.82) is 0 Å². The van der Waals surface area contributed by atoms with Crippen LogP contribution in [0.1, 0.15) is 0 Å². The average Bonchev–Trinajstić information content (AvgIpc) is 3.23. The molecule has 0 aliphatic heterocycles. The molecule has 0 radical (unpaired) electrons. The summed E-state index contributed by atoms with van der Waals surface area (Å²) in [6.07, 6.45) is 0. The SMILES string of the molecule is OCCn1nnc2cc(-c3noc(-c4ccccc4O)n3)ccc21. The Kier molecular flexibility index (Phi) is 3.43. The van der Waals surface area contributed by atoms with Gasteiger partial charge in [0.25, 0.3) is 5.89 Å². The number of nitrogens with zero attached hydrogens (tertiary/aromatic N) is 5. The monoisotopic (exact) mass is 323 g/mol. The van der Waals surface area contributed by atoms with Crippen molar-refractivity contribution >= 4 is 11.0 Å². The minimum Gasteiger partial charge on any atom is -0.507 e. The smallest absolute Gasteiger partial charge is 0.261 e. The maximum atomic E-state index is 9.87. The van der Waals surface area contributed by atoms with Gasteiger partial charge in [0.2, 0.25) is 5.82 Å². The fraction of sp³-hybridized carbons (Fsp3) is 0.125. The van der Waals surface area contributed by atoms with Gasteiger partial charge in [-0.1, -0.05) is 22.5 Å². The molecule has 0 fully saturated rings. The van der Waals surface area contributed by atoms with Gasteiger partial charge in [-0.2, -0.15) is 4.98 Å². The number of hydrogen-bond acceptors (Lipinski definition) is 7. The van der Waals surface area contributed by atoms with E-state index >= 15 is 0 Å². The van der Waals surface area contributed by atoms with E-state index in [9.17, 15) is 5.11 Å². The van der Waals surface area contributed by atoms with Crippen LogP contribution in [0.5, 0.6) is 5.75 Å². The highest BCUT2D eigenvalue weighted by Crippen LogP contribution is 2.29. The molecule has 8 heteroatoms. The Morgan fingerprint density at radius 2 is 2.00 bits per heavy atom. The molecule has 0 atom stereocenters. The molecule has 0 saturated heterocycles. The zero-order valence-corrected chi connectivity index (χ0v) is 12.5. The van der Waals surface area contributed by atoms with Crippen molar-refractivity contribution in [3.05, 3.63) is 42.5 Å². The molecule has 0 spiro atoms. The number of aromatic hydroxyl groups is 1. The van der Waals surface area contributed by atoms with Crippen molar-refractivity contribution < 1.29 is 14.7 Å². The van der Waals surface area contributed by atoms with Gasteiger partial charge >= 0.3 is 0 Å². The van der Waals surface area contributed by atoms with Crippen LogP contribution in [0.15, 0.2) is 47.0 Å². The fourth-order valence-electron chi connectivity index (χ4n) is 2.48. The Morgan fingerprint density at radius 3 is 2.83 bits per heavy atom. The maximum absolute atomic E-state index is 9.87. The second kappa shape index (κ2) is 5.74. The molecule has 4 aromatic rings. The number of fused-ring (bicyclic) bond motifs is 1. The molecule has 2 N–H and O–H groups in total. The van der Waals surface area contributed by atoms with Crippen LogP contribution >= 0.6 is 0 Å². The number of hydrogen-bond donors (Lipinski definition) is 2. The minimum absolute atomic E-state index is 0.00498. The molecule has 4 rings (SSSR count). The molecule has 120 valence electrons. The van der Waals surface area contributed by atoms with E-state index in [4.69, 9.17) is 9.63 Å². The summed E-state index contributed by atoms with van der Waals surface area (Å²) in [6, 6.07) is 12.2. The number of aliphatic hydroxyl groups is 1. The van der Waals surface area contributed by atoms with Gasteiger partial charge < -0.3 is 14.7 Å². The lowest BCUT2D eigenvalue weighted by molar-refractivity contribution is 0.270. The zero-order chi connectivity index (χ0) is 16.5. The summed E-state index contributed by atoms with van der Waals surface area (Å²) < 4.78 is 6.87. The third kappa shape index (κ3) is 2.38. The van der Waals surface area contributed by atoms with Gasteiger partial charge in [0, 0.05) is 5.56 Å². The molecule has 2 heterocycles. The average molecular weight is 323 g/mol. The van der Waals surface area contributed by atoms with Crippen molar-refractivity contribution in [2.75, 3.05) is 6.61 Å². The Bertz CT molecular complexity index is 1010. The van der Waals surface area contributed by atoms with Crippen LogP contribution in [-0.4, -0.2) is 42.0 Å². The van der Waals surface area contributed by atoms with E-state index in [0.29, 0.717) is 23.4 Å². The highest BCUT2D eigenvalue weighted by Gasteiger charge is 2.14. The van der Waals surface area contributed by atoms with Crippen LogP contribution in [0.4, 0.5) is 0 Å². The van der Waals surface area contributed by atoms with Crippen LogP contribution in [0.3, 0.4) is 0 Å². The van der Waals surface area contributed by atoms with Gasteiger partial charge in [0.05, 0.1) is 24.2 Å². The largest absolute Gasteiger partial charge is 0.507 e. The van der Waals surface area contributed by atoms with Crippen LogP contribution in [-0.2, 0) is 6.54 Å². The molecule has 0 aliphatic carbocycles. The predicted octanol–water partition coefficient (Wildman–Crippen LogP) is 1.85. The van der Waals surface area contributed by atoms with Gasteiger partial charge in [-0.15, -0.1) is 5.10 Å². The molecule has 0 amide bonds. The van der Waals surface area contributed by atoms with Crippen molar-refractivity contribution in [1.82, 2.24) is 25.1 Å². The van der Waals surface area contributed by atoms with E-state index in [0.717, 1.165) is 11.1 Å². The van der Waals surface area contributed by atoms with E-state index in [2.05, 4.69) is 20.5 Å². The first kappa shape index (κ1) is 14.3. The topological polar surface area (TPSA) is 110 Å². The number of para-hydroxylation sites is 1. The molecular weight excluding hydrogens is 310 g/mol. The Hall–Kier alpha value is -3.26. The number of aromatic nitrogens is 5. The van der Waals surface area contributed by atoms with Crippen LogP contribution in [0, 0.1) is 0 Å². The molecule has 24 heavy (non-hydrogen) atoms. The Labute approximate surface area is 136 Å². The normalized spacial score (nSPS) is 11.2. The molecule has 0 saturated carbocycles. The van der Waals surface area contributed by atoms with Gasteiger partial charge in [-0.05, 0) is 30.3 Å². The van der Waals surface area contributed by atoms with Crippen LogP contribution in [0.25, 0.3) is 33.9 Å². The number of aliphatic hydroxyl groups excluding tert-OH is 1. The Balaban J connectivity index is 1.72. The van der Waals surface area contributed by atoms with E-state index in [1.165, 1.54) is 0 Å². The lowest BCUT2D eigenvalue weighted by Gasteiger charge is -1.99. The number of phenolic OH excluding ortho intramolecular Hbond substituents is 1. The second-order valence-corrected chi connectivity index (χ2v) is 5.18. The summed E-state index contributed by atoms with van der Waals surface area (Å²) in [6.45, 7) is 0.379. The van der Waals surface area contributed by atoms with E-state index in [1.807, 2.05) is 12.1 Å². The highest BCUT2D eigenvalue weighted by atomic mass is 16.5. The molecule has 8 nitrogen and oxygen atoms in total. The summed E-state index contributed by atoms with van der Waals surface area (Å²) in [7, 11) is 0. The highest BCUT2D eigenvalue weighted by molar-refractivity contribution is 5.80. The minimum atomic E-state index is -0.00498. The van der Waals surface area contributed by atoms with E-state index in [-0.39, 0.29) is 18.2 Å².